The Morgan fingerprint density at radius 3 is 2.34 bits per heavy atom. The summed E-state index contributed by atoms with van der Waals surface area (Å²) in [5.41, 5.74) is -0.846. The quantitative estimate of drug-likeness (QED) is 0.646. The van der Waals surface area contributed by atoms with E-state index in [4.69, 9.17) is 4.74 Å². The molecule has 1 N–H and O–H groups in total. The van der Waals surface area contributed by atoms with E-state index in [9.17, 15) is 22.8 Å². The van der Waals surface area contributed by atoms with Crippen LogP contribution in [-0.2, 0) is 22.1 Å². The summed E-state index contributed by atoms with van der Waals surface area (Å²) in [6.45, 7) is 0. The number of methoxy groups -OCH3 is 1. The largest absolute Gasteiger partial charge is 0.467 e. The number of ether oxygens (including phenoxy) is 1. The highest BCUT2D eigenvalue weighted by Crippen LogP contribution is 2.32. The molecular weight excluding hydrogens is 383 g/mol. The first-order chi connectivity index (χ1) is 13.8. The molecule has 0 saturated carbocycles. The van der Waals surface area contributed by atoms with Gasteiger partial charge in [-0.15, -0.1) is 0 Å². The van der Waals surface area contributed by atoms with Crippen molar-refractivity contribution in [1.82, 2.24) is 5.32 Å². The molecule has 4 nitrogen and oxygen atoms in total. The molecule has 0 radical (unpaired) electrons. The fourth-order valence-corrected chi connectivity index (χ4v) is 3.19. The summed E-state index contributed by atoms with van der Waals surface area (Å²) in [4.78, 5) is 24.8. The summed E-state index contributed by atoms with van der Waals surface area (Å²) in [5.74, 6) is -1.73. The maximum Gasteiger partial charge on any atom is 0.417 e. The molecule has 0 heterocycles. The van der Waals surface area contributed by atoms with Gasteiger partial charge in [0.2, 0.25) is 0 Å². The molecular formula is C22H18F3NO3. The molecule has 0 aliphatic carbocycles. The van der Waals surface area contributed by atoms with Crippen molar-refractivity contribution in [2.75, 3.05) is 7.11 Å². The molecule has 3 rings (SSSR count). The normalized spacial score (nSPS) is 12.4. The average molecular weight is 401 g/mol. The van der Waals surface area contributed by atoms with Gasteiger partial charge in [0.15, 0.2) is 0 Å². The molecule has 3 aromatic rings. The minimum absolute atomic E-state index is 0.0773. The number of hydrogen-bond donors (Lipinski definition) is 1. The second kappa shape index (κ2) is 8.34. The summed E-state index contributed by atoms with van der Waals surface area (Å²) >= 11 is 0. The SMILES string of the molecule is COC(=O)[C@@H](Cc1cccc2ccccc12)NC(=O)c1ccccc1C(F)(F)F. The van der Waals surface area contributed by atoms with Crippen molar-refractivity contribution in [1.29, 1.82) is 0 Å². The van der Waals surface area contributed by atoms with E-state index in [0.29, 0.717) is 0 Å². The Morgan fingerprint density at radius 1 is 0.966 bits per heavy atom. The maximum absolute atomic E-state index is 13.2. The number of nitrogens with one attached hydrogen (secondary N) is 1. The van der Waals surface area contributed by atoms with E-state index >= 15 is 0 Å². The average Bonchev–Trinajstić information content (AvgIpc) is 2.72. The van der Waals surface area contributed by atoms with Gasteiger partial charge in [0, 0.05) is 6.42 Å². The van der Waals surface area contributed by atoms with Crippen LogP contribution < -0.4 is 5.32 Å². The third-order valence-electron chi connectivity index (χ3n) is 4.57. The van der Waals surface area contributed by atoms with E-state index in [1.54, 1.807) is 6.07 Å². The van der Waals surface area contributed by atoms with E-state index in [-0.39, 0.29) is 6.42 Å². The zero-order valence-corrected chi connectivity index (χ0v) is 15.5. The Hall–Kier alpha value is -3.35. The van der Waals surface area contributed by atoms with Crippen molar-refractivity contribution in [2.24, 2.45) is 0 Å². The molecule has 0 bridgehead atoms. The second-order valence-corrected chi connectivity index (χ2v) is 6.43. The summed E-state index contributed by atoms with van der Waals surface area (Å²) in [7, 11) is 1.16. The van der Waals surface area contributed by atoms with Crippen molar-refractivity contribution in [3.63, 3.8) is 0 Å². The molecule has 0 aliphatic heterocycles. The molecule has 0 spiro atoms. The molecule has 1 atom stereocenters. The van der Waals surface area contributed by atoms with Gasteiger partial charge in [0.05, 0.1) is 18.2 Å². The van der Waals surface area contributed by atoms with Gasteiger partial charge in [0.25, 0.3) is 5.91 Å². The number of amides is 1. The lowest BCUT2D eigenvalue weighted by Gasteiger charge is -2.19. The third kappa shape index (κ3) is 4.56. The highest BCUT2D eigenvalue weighted by molar-refractivity contribution is 5.98. The van der Waals surface area contributed by atoms with Crippen LogP contribution in [0.2, 0.25) is 0 Å². The number of carbonyl (C=O) groups excluding carboxylic acids is 2. The molecule has 29 heavy (non-hydrogen) atoms. The molecule has 0 saturated heterocycles. The number of alkyl halides is 3. The smallest absolute Gasteiger partial charge is 0.417 e. The van der Waals surface area contributed by atoms with Crippen LogP contribution in [0.25, 0.3) is 10.8 Å². The predicted octanol–water partition coefficient (Wildman–Crippen LogP) is 4.37. The van der Waals surface area contributed by atoms with Crippen molar-refractivity contribution in [3.05, 3.63) is 83.4 Å². The van der Waals surface area contributed by atoms with E-state index < -0.39 is 35.2 Å². The van der Waals surface area contributed by atoms with Crippen LogP contribution in [0.4, 0.5) is 13.2 Å². The van der Waals surface area contributed by atoms with Crippen LogP contribution in [0.3, 0.4) is 0 Å². The molecule has 0 aromatic heterocycles. The van der Waals surface area contributed by atoms with Gasteiger partial charge in [-0.3, -0.25) is 4.79 Å². The molecule has 1 amide bonds. The molecule has 0 unspecified atom stereocenters. The molecule has 0 fully saturated rings. The lowest BCUT2D eigenvalue weighted by molar-refractivity contribution is -0.142. The monoisotopic (exact) mass is 401 g/mol. The Morgan fingerprint density at radius 2 is 1.62 bits per heavy atom. The summed E-state index contributed by atoms with van der Waals surface area (Å²) in [5, 5.41) is 4.23. The second-order valence-electron chi connectivity index (χ2n) is 6.43. The number of hydrogen-bond acceptors (Lipinski definition) is 3. The summed E-state index contributed by atoms with van der Waals surface area (Å²) in [6.07, 6.45) is -4.61. The van der Waals surface area contributed by atoms with Gasteiger partial charge in [0.1, 0.15) is 6.04 Å². The molecule has 150 valence electrons. The van der Waals surface area contributed by atoms with Crippen LogP contribution in [0, 0.1) is 0 Å². The Labute approximate surface area is 165 Å². The van der Waals surface area contributed by atoms with Crippen LogP contribution >= 0.6 is 0 Å². The van der Waals surface area contributed by atoms with Crippen LogP contribution in [-0.4, -0.2) is 25.0 Å². The topological polar surface area (TPSA) is 55.4 Å². The van der Waals surface area contributed by atoms with Gasteiger partial charge < -0.3 is 10.1 Å². The standard InChI is InChI=1S/C22H18F3NO3/c1-29-21(28)19(13-15-9-6-8-14-7-2-3-10-16(14)15)26-20(27)17-11-4-5-12-18(17)22(23,24)25/h2-12,19H,13H2,1H3,(H,26,27)/t19-/m1/s1. The third-order valence-corrected chi connectivity index (χ3v) is 4.57. The molecule has 0 aliphatic rings. The van der Waals surface area contributed by atoms with Crippen molar-refractivity contribution in [2.45, 2.75) is 18.6 Å². The number of halogens is 3. The predicted molar refractivity (Wildman–Crippen MR) is 102 cm³/mol. The molecule has 7 heteroatoms. The van der Waals surface area contributed by atoms with Gasteiger partial charge in [-0.1, -0.05) is 54.6 Å². The lowest BCUT2D eigenvalue weighted by atomic mass is 9.98. The van der Waals surface area contributed by atoms with Crippen LogP contribution in [0.15, 0.2) is 66.7 Å². The minimum Gasteiger partial charge on any atom is -0.467 e. The Bertz CT molecular complexity index is 1040. The molecule has 3 aromatic carbocycles. The summed E-state index contributed by atoms with van der Waals surface area (Å²) < 4.78 is 44.4. The van der Waals surface area contributed by atoms with E-state index in [1.807, 2.05) is 36.4 Å². The van der Waals surface area contributed by atoms with E-state index in [0.717, 1.165) is 35.6 Å². The van der Waals surface area contributed by atoms with Crippen LogP contribution in [0.5, 0.6) is 0 Å². The number of fused-ring (bicyclic) bond motifs is 1. The highest BCUT2D eigenvalue weighted by Gasteiger charge is 2.35. The van der Waals surface area contributed by atoms with Crippen molar-refractivity contribution < 1.29 is 27.5 Å². The first-order valence-corrected chi connectivity index (χ1v) is 8.83. The first-order valence-electron chi connectivity index (χ1n) is 8.83. The Balaban J connectivity index is 1.91. The van der Waals surface area contributed by atoms with E-state index in [2.05, 4.69) is 5.32 Å². The van der Waals surface area contributed by atoms with Gasteiger partial charge in [-0.25, -0.2) is 4.79 Å². The lowest BCUT2D eigenvalue weighted by Crippen LogP contribution is -2.43. The zero-order valence-electron chi connectivity index (χ0n) is 15.5. The summed E-state index contributed by atoms with van der Waals surface area (Å²) in [6, 6.07) is 16.3. The maximum atomic E-state index is 13.2. The zero-order chi connectivity index (χ0) is 21.0. The van der Waals surface area contributed by atoms with Crippen molar-refractivity contribution in [3.8, 4) is 0 Å². The number of benzene rings is 3. The number of carbonyl (C=O) groups is 2. The first kappa shape index (κ1) is 20.4. The number of rotatable bonds is 5. The Kier molecular flexibility index (Phi) is 5.87. The highest BCUT2D eigenvalue weighted by atomic mass is 19.4. The fraction of sp³-hybridized carbons (Fsp3) is 0.182. The fourth-order valence-electron chi connectivity index (χ4n) is 3.19. The van der Waals surface area contributed by atoms with Crippen molar-refractivity contribution >= 4 is 22.6 Å². The van der Waals surface area contributed by atoms with Gasteiger partial charge in [-0.05, 0) is 28.5 Å². The van der Waals surface area contributed by atoms with Gasteiger partial charge in [-0.2, -0.15) is 13.2 Å². The van der Waals surface area contributed by atoms with Crippen LogP contribution in [0.1, 0.15) is 21.5 Å². The van der Waals surface area contributed by atoms with E-state index in [1.165, 1.54) is 12.1 Å². The van der Waals surface area contributed by atoms with Gasteiger partial charge >= 0.3 is 12.1 Å². The number of esters is 1. The minimum atomic E-state index is -4.69.